The molecule has 1 heterocycles. The summed E-state index contributed by atoms with van der Waals surface area (Å²) >= 11 is 0. The van der Waals surface area contributed by atoms with Crippen molar-refractivity contribution in [3.05, 3.63) is 30.1 Å². The first-order valence-corrected chi connectivity index (χ1v) is 4.55. The fraction of sp³-hybridized carbons (Fsp3) is 0.200. The van der Waals surface area contributed by atoms with E-state index in [-0.39, 0.29) is 0 Å². The van der Waals surface area contributed by atoms with Gasteiger partial charge in [-0.15, -0.1) is 0 Å². The molecule has 3 N–H and O–H groups in total. The van der Waals surface area contributed by atoms with Gasteiger partial charge in [0.25, 0.3) is 0 Å². The number of fused-ring (bicyclic) bond motifs is 1. The van der Waals surface area contributed by atoms with Crippen molar-refractivity contribution < 1.29 is 0 Å². The number of aromatic amines is 1. The lowest BCUT2D eigenvalue weighted by Crippen LogP contribution is -2.02. The molecule has 0 saturated carbocycles. The van der Waals surface area contributed by atoms with Crippen LogP contribution in [0.2, 0.25) is 0 Å². The van der Waals surface area contributed by atoms with Crippen LogP contribution in [0.1, 0.15) is 5.82 Å². The van der Waals surface area contributed by atoms with Crippen LogP contribution in [0.25, 0.3) is 11.0 Å². The highest BCUT2D eigenvalue weighted by Crippen LogP contribution is 2.08. The SMILES string of the molecule is NCCN=Cc1nc2ccccc2[nH]1. The molecule has 4 heteroatoms. The first-order valence-electron chi connectivity index (χ1n) is 4.55. The molecule has 1 aromatic carbocycles. The van der Waals surface area contributed by atoms with Crippen molar-refractivity contribution >= 4 is 17.2 Å². The number of nitrogens with zero attached hydrogens (tertiary/aromatic N) is 2. The number of H-pyrrole nitrogens is 1. The number of nitrogens with two attached hydrogens (primary N) is 1. The molecule has 0 fully saturated rings. The Kier molecular flexibility index (Phi) is 2.55. The Bertz CT molecular complexity index is 411. The Morgan fingerprint density at radius 1 is 1.43 bits per heavy atom. The number of para-hydroxylation sites is 2. The van der Waals surface area contributed by atoms with E-state index in [1.165, 1.54) is 0 Å². The number of aliphatic imine (C=N–C) groups is 1. The van der Waals surface area contributed by atoms with E-state index in [1.807, 2.05) is 24.3 Å². The first kappa shape index (κ1) is 8.90. The number of hydrogen-bond donors (Lipinski definition) is 2. The average Bonchev–Trinajstić information content (AvgIpc) is 2.60. The molecule has 0 aliphatic heterocycles. The third kappa shape index (κ3) is 1.80. The zero-order chi connectivity index (χ0) is 9.80. The van der Waals surface area contributed by atoms with Crippen LogP contribution in [0.3, 0.4) is 0 Å². The third-order valence-electron chi connectivity index (χ3n) is 1.88. The van der Waals surface area contributed by atoms with Gasteiger partial charge in [-0.25, -0.2) is 4.98 Å². The van der Waals surface area contributed by atoms with Gasteiger partial charge in [0.15, 0.2) is 0 Å². The molecule has 0 aliphatic rings. The molecule has 0 bridgehead atoms. The van der Waals surface area contributed by atoms with Crippen LogP contribution < -0.4 is 5.73 Å². The molecule has 0 aliphatic carbocycles. The highest BCUT2D eigenvalue weighted by Gasteiger charge is 1.97. The van der Waals surface area contributed by atoms with Crippen molar-refractivity contribution in [1.29, 1.82) is 0 Å². The quantitative estimate of drug-likeness (QED) is 0.704. The summed E-state index contributed by atoms with van der Waals surface area (Å²) < 4.78 is 0. The second kappa shape index (κ2) is 4.02. The summed E-state index contributed by atoms with van der Waals surface area (Å²) in [6.45, 7) is 1.20. The number of imidazole rings is 1. The predicted molar refractivity (Wildman–Crippen MR) is 57.6 cm³/mol. The molecule has 0 unspecified atom stereocenters. The zero-order valence-corrected chi connectivity index (χ0v) is 7.77. The van der Waals surface area contributed by atoms with Crippen LogP contribution in [-0.4, -0.2) is 29.3 Å². The average molecular weight is 188 g/mol. The molecule has 14 heavy (non-hydrogen) atoms. The largest absolute Gasteiger partial charge is 0.337 e. The molecule has 0 atom stereocenters. The standard InChI is InChI=1S/C10H12N4/c11-5-6-12-7-10-13-8-3-1-2-4-9(8)14-10/h1-4,7H,5-6,11H2,(H,13,14). The number of benzene rings is 1. The smallest absolute Gasteiger partial charge is 0.149 e. The second-order valence-corrected chi connectivity index (χ2v) is 2.96. The monoisotopic (exact) mass is 188 g/mol. The van der Waals surface area contributed by atoms with E-state index < -0.39 is 0 Å². The molecule has 0 radical (unpaired) electrons. The molecule has 1 aromatic heterocycles. The number of nitrogens with one attached hydrogen (secondary N) is 1. The second-order valence-electron chi connectivity index (χ2n) is 2.96. The maximum absolute atomic E-state index is 5.32. The van der Waals surface area contributed by atoms with Gasteiger partial charge < -0.3 is 10.7 Å². The number of aromatic nitrogens is 2. The summed E-state index contributed by atoms with van der Waals surface area (Å²) in [6.07, 6.45) is 1.72. The lowest BCUT2D eigenvalue weighted by Gasteiger charge is -1.84. The van der Waals surface area contributed by atoms with Crippen LogP contribution in [0, 0.1) is 0 Å². The molecule has 4 nitrogen and oxygen atoms in total. The van der Waals surface area contributed by atoms with Gasteiger partial charge >= 0.3 is 0 Å². The summed E-state index contributed by atoms with van der Waals surface area (Å²) in [5, 5.41) is 0. The normalized spacial score (nSPS) is 11.5. The minimum absolute atomic E-state index is 0.566. The highest BCUT2D eigenvalue weighted by molar-refractivity contribution is 5.83. The zero-order valence-electron chi connectivity index (χ0n) is 7.77. The Hall–Kier alpha value is -1.68. The minimum Gasteiger partial charge on any atom is -0.337 e. The molecule has 2 rings (SSSR count). The van der Waals surface area contributed by atoms with Crippen molar-refractivity contribution in [2.45, 2.75) is 0 Å². The molecule has 0 saturated heterocycles. The van der Waals surface area contributed by atoms with Crippen LogP contribution in [0.4, 0.5) is 0 Å². The summed E-state index contributed by atoms with van der Waals surface area (Å²) in [4.78, 5) is 11.6. The van der Waals surface area contributed by atoms with Gasteiger partial charge in [0.05, 0.1) is 23.8 Å². The van der Waals surface area contributed by atoms with Crippen molar-refractivity contribution in [3.63, 3.8) is 0 Å². The van der Waals surface area contributed by atoms with Gasteiger partial charge in [-0.3, -0.25) is 4.99 Å². The molecule has 0 spiro atoms. The summed E-state index contributed by atoms with van der Waals surface area (Å²) in [6, 6.07) is 7.89. The predicted octanol–water partition coefficient (Wildman–Crippen LogP) is 0.940. The number of rotatable bonds is 3. The van der Waals surface area contributed by atoms with Crippen LogP contribution in [0.15, 0.2) is 29.3 Å². The summed E-state index contributed by atoms with van der Waals surface area (Å²) in [5.74, 6) is 0.777. The van der Waals surface area contributed by atoms with Gasteiger partial charge in [0, 0.05) is 6.54 Å². The minimum atomic E-state index is 0.566. The Labute approximate surface area is 81.9 Å². The summed E-state index contributed by atoms with van der Waals surface area (Å²) in [7, 11) is 0. The van der Waals surface area contributed by atoms with E-state index in [0.29, 0.717) is 13.1 Å². The van der Waals surface area contributed by atoms with Crippen molar-refractivity contribution in [2.24, 2.45) is 10.7 Å². The topological polar surface area (TPSA) is 67.1 Å². The van der Waals surface area contributed by atoms with E-state index in [0.717, 1.165) is 16.9 Å². The van der Waals surface area contributed by atoms with E-state index in [1.54, 1.807) is 6.21 Å². The van der Waals surface area contributed by atoms with Gasteiger partial charge in [0.1, 0.15) is 5.82 Å². The Morgan fingerprint density at radius 2 is 2.29 bits per heavy atom. The number of hydrogen-bond acceptors (Lipinski definition) is 3. The van der Waals surface area contributed by atoms with Gasteiger partial charge in [-0.2, -0.15) is 0 Å². The third-order valence-corrected chi connectivity index (χ3v) is 1.88. The van der Waals surface area contributed by atoms with E-state index >= 15 is 0 Å². The molecular formula is C10H12N4. The van der Waals surface area contributed by atoms with Gasteiger partial charge in [-0.05, 0) is 12.1 Å². The Morgan fingerprint density at radius 3 is 3.07 bits per heavy atom. The van der Waals surface area contributed by atoms with Crippen LogP contribution >= 0.6 is 0 Å². The van der Waals surface area contributed by atoms with Crippen molar-refractivity contribution in [2.75, 3.05) is 13.1 Å². The molecule has 72 valence electrons. The van der Waals surface area contributed by atoms with Crippen molar-refractivity contribution in [1.82, 2.24) is 9.97 Å². The van der Waals surface area contributed by atoms with Crippen LogP contribution in [0.5, 0.6) is 0 Å². The fourth-order valence-corrected chi connectivity index (χ4v) is 1.26. The first-order chi connectivity index (χ1) is 6.90. The van der Waals surface area contributed by atoms with E-state index in [9.17, 15) is 0 Å². The van der Waals surface area contributed by atoms with Crippen LogP contribution in [-0.2, 0) is 0 Å². The Balaban J connectivity index is 2.27. The lowest BCUT2D eigenvalue weighted by molar-refractivity contribution is 0.978. The van der Waals surface area contributed by atoms with E-state index in [4.69, 9.17) is 5.73 Å². The summed E-state index contributed by atoms with van der Waals surface area (Å²) in [5.41, 5.74) is 7.31. The fourth-order valence-electron chi connectivity index (χ4n) is 1.26. The molecule has 2 aromatic rings. The maximum Gasteiger partial charge on any atom is 0.149 e. The lowest BCUT2D eigenvalue weighted by atomic mass is 10.3. The maximum atomic E-state index is 5.32. The van der Waals surface area contributed by atoms with Gasteiger partial charge in [0.2, 0.25) is 0 Å². The van der Waals surface area contributed by atoms with Gasteiger partial charge in [-0.1, -0.05) is 12.1 Å². The molecular weight excluding hydrogens is 176 g/mol. The van der Waals surface area contributed by atoms with Crippen molar-refractivity contribution in [3.8, 4) is 0 Å². The molecule has 0 amide bonds. The van der Waals surface area contributed by atoms with E-state index in [2.05, 4.69) is 15.0 Å². The highest BCUT2D eigenvalue weighted by atomic mass is 14.9.